The molecule has 2 heterocycles. The van der Waals surface area contributed by atoms with Gasteiger partial charge in [-0.15, -0.1) is 0 Å². The number of hydrogen-bond acceptors (Lipinski definition) is 3. The molecule has 136 valence electrons. The predicted octanol–water partition coefficient (Wildman–Crippen LogP) is 4.58. The van der Waals surface area contributed by atoms with Crippen molar-refractivity contribution in [3.05, 3.63) is 47.9 Å². The van der Waals surface area contributed by atoms with Crippen LogP contribution >= 0.6 is 0 Å². The number of carboxylic acid groups (broad SMARTS) is 1. The molecule has 0 aliphatic rings. The van der Waals surface area contributed by atoms with E-state index in [4.69, 9.17) is 0 Å². The smallest absolute Gasteiger partial charge is 0.309 e. The Kier molecular flexibility index (Phi) is 4.34. The Morgan fingerprint density at radius 3 is 2.46 bits per heavy atom. The van der Waals surface area contributed by atoms with E-state index in [9.17, 15) is 9.90 Å². The number of aliphatic carboxylic acids is 1. The molecule has 5 nitrogen and oxygen atoms in total. The molecule has 26 heavy (non-hydrogen) atoms. The number of carboxylic acids is 1. The molecule has 2 N–H and O–H groups in total. The van der Waals surface area contributed by atoms with Crippen LogP contribution in [-0.4, -0.2) is 26.0 Å². The van der Waals surface area contributed by atoms with Crippen molar-refractivity contribution in [1.82, 2.24) is 15.0 Å². The van der Waals surface area contributed by atoms with Crippen LogP contribution in [0.25, 0.3) is 22.3 Å². The van der Waals surface area contributed by atoms with Crippen LogP contribution in [0.3, 0.4) is 0 Å². The first kappa shape index (κ1) is 18.1. The van der Waals surface area contributed by atoms with E-state index in [-0.39, 0.29) is 5.41 Å². The van der Waals surface area contributed by atoms with Crippen molar-refractivity contribution >= 4 is 16.9 Å². The molecule has 2 aromatic heterocycles. The molecule has 0 radical (unpaired) electrons. The Hall–Kier alpha value is -2.69. The second-order valence-electron chi connectivity index (χ2n) is 8.51. The predicted molar refractivity (Wildman–Crippen MR) is 103 cm³/mol. The van der Waals surface area contributed by atoms with E-state index < -0.39 is 11.4 Å². The maximum Gasteiger partial charge on any atom is 0.309 e. The summed E-state index contributed by atoms with van der Waals surface area (Å²) in [6.45, 7) is 9.87. The van der Waals surface area contributed by atoms with Crippen LogP contribution in [0, 0.1) is 5.41 Å². The molecule has 0 saturated carbocycles. The lowest BCUT2D eigenvalue weighted by Crippen LogP contribution is -2.26. The molecule has 3 aromatic rings. The fourth-order valence-electron chi connectivity index (χ4n) is 2.93. The van der Waals surface area contributed by atoms with Crippen LogP contribution in [0.5, 0.6) is 0 Å². The summed E-state index contributed by atoms with van der Waals surface area (Å²) in [6, 6.07) is 10.1. The molecule has 1 aromatic carbocycles. The molecule has 0 saturated heterocycles. The third-order valence-corrected chi connectivity index (χ3v) is 4.62. The number of nitrogens with zero attached hydrogens (tertiary/aromatic N) is 2. The van der Waals surface area contributed by atoms with Gasteiger partial charge in [-0.1, -0.05) is 26.8 Å². The van der Waals surface area contributed by atoms with Gasteiger partial charge in [0.05, 0.1) is 16.8 Å². The highest BCUT2D eigenvalue weighted by molar-refractivity contribution is 5.86. The summed E-state index contributed by atoms with van der Waals surface area (Å²) in [6.07, 6.45) is 2.09. The van der Waals surface area contributed by atoms with Crippen LogP contribution in [0.1, 0.15) is 45.9 Å². The van der Waals surface area contributed by atoms with Crippen molar-refractivity contribution in [3.8, 4) is 11.4 Å². The maximum atomic E-state index is 11.4. The minimum atomic E-state index is -0.791. The Morgan fingerprint density at radius 1 is 1.08 bits per heavy atom. The van der Waals surface area contributed by atoms with Crippen molar-refractivity contribution in [2.75, 3.05) is 0 Å². The molecule has 3 rings (SSSR count). The SMILES string of the molecule is CC(C)(Cc1ccc2[nH]c(-c3cc(C(C)(C)C)ncn3)cc2c1)C(=O)O. The Bertz CT molecular complexity index is 965. The van der Waals surface area contributed by atoms with E-state index in [1.807, 2.05) is 24.3 Å². The quantitative estimate of drug-likeness (QED) is 0.721. The fraction of sp³-hybridized carbons (Fsp3) is 0.381. The third-order valence-electron chi connectivity index (χ3n) is 4.62. The summed E-state index contributed by atoms with van der Waals surface area (Å²) in [5.41, 5.74) is 3.96. The molecule has 0 bridgehead atoms. The summed E-state index contributed by atoms with van der Waals surface area (Å²) < 4.78 is 0. The molecule has 0 fully saturated rings. The zero-order valence-corrected chi connectivity index (χ0v) is 15.9. The highest BCUT2D eigenvalue weighted by Gasteiger charge is 2.27. The zero-order chi connectivity index (χ0) is 19.1. The van der Waals surface area contributed by atoms with Crippen LogP contribution in [0.15, 0.2) is 36.7 Å². The van der Waals surface area contributed by atoms with Crippen molar-refractivity contribution in [3.63, 3.8) is 0 Å². The van der Waals surface area contributed by atoms with E-state index in [2.05, 4.69) is 41.8 Å². The number of aromatic nitrogens is 3. The molecular formula is C21H25N3O2. The zero-order valence-electron chi connectivity index (χ0n) is 15.9. The molecule has 0 aliphatic heterocycles. The van der Waals surface area contributed by atoms with E-state index in [1.165, 1.54) is 0 Å². The van der Waals surface area contributed by atoms with Gasteiger partial charge in [0, 0.05) is 22.0 Å². The molecule has 5 heteroatoms. The number of rotatable bonds is 4. The number of benzene rings is 1. The maximum absolute atomic E-state index is 11.4. The average Bonchev–Trinajstić information content (AvgIpc) is 2.97. The summed E-state index contributed by atoms with van der Waals surface area (Å²) in [5, 5.41) is 10.4. The first-order valence-corrected chi connectivity index (χ1v) is 8.74. The van der Waals surface area contributed by atoms with E-state index in [0.717, 1.165) is 33.5 Å². The number of carbonyl (C=O) groups is 1. The topological polar surface area (TPSA) is 78.9 Å². The van der Waals surface area contributed by atoms with Crippen LogP contribution in [-0.2, 0) is 16.6 Å². The van der Waals surface area contributed by atoms with Gasteiger partial charge < -0.3 is 10.1 Å². The van der Waals surface area contributed by atoms with Gasteiger partial charge >= 0.3 is 5.97 Å². The highest BCUT2D eigenvalue weighted by atomic mass is 16.4. The van der Waals surface area contributed by atoms with Gasteiger partial charge in [0.2, 0.25) is 0 Å². The Labute approximate surface area is 153 Å². The molecule has 0 spiro atoms. The lowest BCUT2D eigenvalue weighted by Gasteiger charge is -2.18. The monoisotopic (exact) mass is 351 g/mol. The van der Waals surface area contributed by atoms with Gasteiger partial charge in [-0.2, -0.15) is 0 Å². The standard InChI is InChI=1S/C21H25N3O2/c1-20(2,3)18-10-16(22-12-23-18)17-9-14-8-13(6-7-15(14)24-17)11-21(4,5)19(25)26/h6-10,12,24H,11H2,1-5H3,(H,25,26). The van der Waals surface area contributed by atoms with Gasteiger partial charge in [-0.05, 0) is 50.1 Å². The van der Waals surface area contributed by atoms with Gasteiger partial charge in [-0.3, -0.25) is 4.79 Å². The minimum Gasteiger partial charge on any atom is -0.481 e. The molecule has 0 amide bonds. The summed E-state index contributed by atoms with van der Waals surface area (Å²) >= 11 is 0. The van der Waals surface area contributed by atoms with E-state index in [0.29, 0.717) is 6.42 Å². The van der Waals surface area contributed by atoms with E-state index in [1.54, 1.807) is 20.2 Å². The summed E-state index contributed by atoms with van der Waals surface area (Å²) in [4.78, 5) is 23.6. The average molecular weight is 351 g/mol. The van der Waals surface area contributed by atoms with Gasteiger partial charge in [0.1, 0.15) is 6.33 Å². The van der Waals surface area contributed by atoms with Crippen molar-refractivity contribution in [2.24, 2.45) is 5.41 Å². The van der Waals surface area contributed by atoms with E-state index >= 15 is 0 Å². The molecule has 0 atom stereocenters. The second-order valence-corrected chi connectivity index (χ2v) is 8.51. The number of hydrogen-bond donors (Lipinski definition) is 2. The first-order valence-electron chi connectivity index (χ1n) is 8.74. The van der Waals surface area contributed by atoms with Gasteiger partial charge in [-0.25, -0.2) is 9.97 Å². The van der Waals surface area contributed by atoms with Gasteiger partial charge in [0.15, 0.2) is 0 Å². The van der Waals surface area contributed by atoms with Crippen molar-refractivity contribution < 1.29 is 9.90 Å². The van der Waals surface area contributed by atoms with Crippen LogP contribution in [0.2, 0.25) is 0 Å². The molecule has 0 unspecified atom stereocenters. The lowest BCUT2D eigenvalue weighted by atomic mass is 9.86. The summed E-state index contributed by atoms with van der Waals surface area (Å²) in [5.74, 6) is -0.789. The number of H-pyrrole nitrogens is 1. The van der Waals surface area contributed by atoms with Gasteiger partial charge in [0.25, 0.3) is 0 Å². The number of aromatic amines is 1. The van der Waals surface area contributed by atoms with Crippen molar-refractivity contribution in [2.45, 2.75) is 46.5 Å². The second kappa shape index (κ2) is 6.24. The lowest BCUT2D eigenvalue weighted by molar-refractivity contribution is -0.146. The largest absolute Gasteiger partial charge is 0.481 e. The Morgan fingerprint density at radius 2 is 1.81 bits per heavy atom. The normalized spacial score (nSPS) is 12.5. The molecular weight excluding hydrogens is 326 g/mol. The minimum absolute atomic E-state index is 0.0424. The van der Waals surface area contributed by atoms with Crippen LogP contribution in [0.4, 0.5) is 0 Å². The first-order chi connectivity index (χ1) is 12.1. The molecule has 0 aliphatic carbocycles. The van der Waals surface area contributed by atoms with Crippen LogP contribution < -0.4 is 0 Å². The number of fused-ring (bicyclic) bond motifs is 1. The summed E-state index contributed by atoms with van der Waals surface area (Å²) in [7, 11) is 0. The van der Waals surface area contributed by atoms with Crippen molar-refractivity contribution in [1.29, 1.82) is 0 Å². The number of nitrogens with one attached hydrogen (secondary N) is 1. The fourth-order valence-corrected chi connectivity index (χ4v) is 2.93. The third kappa shape index (κ3) is 3.62. The Balaban J connectivity index is 1.97. The highest BCUT2D eigenvalue weighted by Crippen LogP contribution is 2.29.